The largest absolute Gasteiger partial charge is 0.352 e. The van der Waals surface area contributed by atoms with E-state index in [9.17, 15) is 4.79 Å². The lowest BCUT2D eigenvalue weighted by atomic mass is 9.93. The number of hydrogen-bond acceptors (Lipinski definition) is 3. The Bertz CT molecular complexity index is 424. The summed E-state index contributed by atoms with van der Waals surface area (Å²) >= 11 is 1.86. The fraction of sp³-hybridized carbons (Fsp3) is 0.562. The summed E-state index contributed by atoms with van der Waals surface area (Å²) in [5.74, 6) is -0.162. The molecule has 1 amide bonds. The summed E-state index contributed by atoms with van der Waals surface area (Å²) < 4.78 is 0. The van der Waals surface area contributed by atoms with Crippen LogP contribution in [0, 0.1) is 0 Å². The summed E-state index contributed by atoms with van der Waals surface area (Å²) in [6.07, 6.45) is 6.90. The minimum absolute atomic E-state index is 0.0738. The number of hydrogen-bond donors (Lipinski definition) is 2. The molecule has 1 aromatic rings. The maximum Gasteiger partial charge on any atom is 0.229 e. The number of thioether (sulfide) groups is 1. The minimum Gasteiger partial charge on any atom is -0.352 e. The Hall–Kier alpha value is -1.00. The second-order valence-electron chi connectivity index (χ2n) is 5.37. The first-order valence-electron chi connectivity index (χ1n) is 7.34. The number of benzene rings is 1. The third-order valence-electron chi connectivity index (χ3n) is 4.09. The molecule has 1 saturated carbocycles. The molecular formula is C16H24N2OS. The average molecular weight is 292 g/mol. The van der Waals surface area contributed by atoms with Crippen molar-refractivity contribution in [2.45, 2.75) is 42.9 Å². The Morgan fingerprint density at radius 2 is 2.05 bits per heavy atom. The molecule has 0 heterocycles. The van der Waals surface area contributed by atoms with Gasteiger partial charge < -0.3 is 11.1 Å². The van der Waals surface area contributed by atoms with Crippen molar-refractivity contribution in [3.63, 3.8) is 0 Å². The Morgan fingerprint density at radius 3 is 2.70 bits per heavy atom. The van der Waals surface area contributed by atoms with E-state index in [4.69, 9.17) is 5.73 Å². The van der Waals surface area contributed by atoms with Crippen LogP contribution in [0.5, 0.6) is 0 Å². The lowest BCUT2D eigenvalue weighted by Gasteiger charge is -2.32. The molecule has 1 aliphatic carbocycles. The van der Waals surface area contributed by atoms with Crippen LogP contribution in [0.3, 0.4) is 0 Å². The van der Waals surface area contributed by atoms with E-state index in [-0.39, 0.29) is 11.8 Å². The van der Waals surface area contributed by atoms with E-state index in [2.05, 4.69) is 11.6 Å². The summed E-state index contributed by atoms with van der Waals surface area (Å²) in [5.41, 5.74) is 6.82. The second-order valence-corrected chi connectivity index (χ2v) is 6.45. The van der Waals surface area contributed by atoms with E-state index < -0.39 is 0 Å². The molecular weight excluding hydrogens is 268 g/mol. The van der Waals surface area contributed by atoms with E-state index in [0.29, 0.717) is 17.8 Å². The Morgan fingerprint density at radius 1 is 1.35 bits per heavy atom. The highest BCUT2D eigenvalue weighted by Gasteiger charge is 2.28. The van der Waals surface area contributed by atoms with Crippen molar-refractivity contribution in [3.8, 4) is 0 Å². The number of nitrogens with one attached hydrogen (secondary N) is 1. The van der Waals surface area contributed by atoms with Gasteiger partial charge in [-0.25, -0.2) is 0 Å². The molecule has 1 aliphatic rings. The summed E-state index contributed by atoms with van der Waals surface area (Å²) in [6.45, 7) is 0.354. The zero-order valence-corrected chi connectivity index (χ0v) is 12.9. The van der Waals surface area contributed by atoms with E-state index in [0.717, 1.165) is 12.0 Å². The lowest BCUT2D eigenvalue weighted by Crippen LogP contribution is -2.46. The third-order valence-corrected chi connectivity index (χ3v) is 5.26. The van der Waals surface area contributed by atoms with Crippen molar-refractivity contribution in [2.24, 2.45) is 5.73 Å². The van der Waals surface area contributed by atoms with E-state index in [1.807, 2.05) is 42.1 Å². The molecule has 0 bridgehead atoms. The molecule has 3 unspecified atom stereocenters. The topological polar surface area (TPSA) is 55.1 Å². The lowest BCUT2D eigenvalue weighted by molar-refractivity contribution is -0.123. The first-order valence-corrected chi connectivity index (χ1v) is 8.63. The molecule has 3 atom stereocenters. The zero-order valence-electron chi connectivity index (χ0n) is 12.0. The number of carbonyl (C=O) groups excluding carboxylic acids is 1. The number of rotatable bonds is 5. The van der Waals surface area contributed by atoms with Gasteiger partial charge in [-0.1, -0.05) is 43.2 Å². The maximum atomic E-state index is 12.5. The molecule has 3 nitrogen and oxygen atoms in total. The van der Waals surface area contributed by atoms with Gasteiger partial charge in [0.15, 0.2) is 0 Å². The van der Waals surface area contributed by atoms with E-state index in [1.54, 1.807) is 0 Å². The van der Waals surface area contributed by atoms with Crippen LogP contribution in [0.4, 0.5) is 0 Å². The van der Waals surface area contributed by atoms with Crippen LogP contribution in [0.2, 0.25) is 0 Å². The zero-order chi connectivity index (χ0) is 14.4. The predicted molar refractivity (Wildman–Crippen MR) is 85.9 cm³/mol. The SMILES string of the molecule is CSC1CCCCC1NC(=O)C(CN)c1ccccc1. The molecule has 0 aromatic heterocycles. The molecule has 3 N–H and O–H groups in total. The molecule has 1 fully saturated rings. The van der Waals surface area contributed by atoms with Gasteiger partial charge in [-0.05, 0) is 24.7 Å². The fourth-order valence-electron chi connectivity index (χ4n) is 2.91. The van der Waals surface area contributed by atoms with Gasteiger partial charge in [0.25, 0.3) is 0 Å². The van der Waals surface area contributed by atoms with Crippen LogP contribution in [0.1, 0.15) is 37.2 Å². The quantitative estimate of drug-likeness (QED) is 0.877. The molecule has 0 saturated heterocycles. The normalized spacial score (nSPS) is 24.1. The van der Waals surface area contributed by atoms with Crippen LogP contribution in [-0.4, -0.2) is 30.0 Å². The average Bonchev–Trinajstić information content (AvgIpc) is 2.49. The number of carbonyl (C=O) groups is 1. The van der Waals surface area contributed by atoms with Gasteiger partial charge in [-0.3, -0.25) is 4.79 Å². The Kier molecular flexibility index (Phi) is 5.92. The van der Waals surface area contributed by atoms with Gasteiger partial charge >= 0.3 is 0 Å². The van der Waals surface area contributed by atoms with Crippen LogP contribution in [0.25, 0.3) is 0 Å². The molecule has 0 radical (unpaired) electrons. The molecule has 110 valence electrons. The standard InChI is InChI=1S/C16H24N2OS/c1-20-15-10-6-5-9-14(15)18-16(19)13(11-17)12-7-3-2-4-8-12/h2-4,7-8,13-15H,5-6,9-11,17H2,1H3,(H,18,19). The van der Waals surface area contributed by atoms with Crippen LogP contribution < -0.4 is 11.1 Å². The van der Waals surface area contributed by atoms with Gasteiger partial charge in [0.1, 0.15) is 0 Å². The monoisotopic (exact) mass is 292 g/mol. The van der Waals surface area contributed by atoms with Crippen LogP contribution in [0.15, 0.2) is 30.3 Å². The van der Waals surface area contributed by atoms with Crippen molar-refractivity contribution in [1.82, 2.24) is 5.32 Å². The molecule has 2 rings (SSSR count). The first-order chi connectivity index (χ1) is 9.76. The van der Waals surface area contributed by atoms with Crippen molar-refractivity contribution in [1.29, 1.82) is 0 Å². The Labute approximate surface area is 125 Å². The first kappa shape index (κ1) is 15.4. The van der Waals surface area contributed by atoms with E-state index in [1.165, 1.54) is 19.3 Å². The molecule has 1 aromatic carbocycles. The van der Waals surface area contributed by atoms with Crippen molar-refractivity contribution < 1.29 is 4.79 Å². The van der Waals surface area contributed by atoms with Crippen LogP contribution >= 0.6 is 11.8 Å². The summed E-state index contributed by atoms with van der Waals surface area (Å²) in [5, 5.41) is 3.77. The molecule has 20 heavy (non-hydrogen) atoms. The maximum absolute atomic E-state index is 12.5. The molecule has 4 heteroatoms. The summed E-state index contributed by atoms with van der Waals surface area (Å²) in [6, 6.07) is 10.1. The predicted octanol–water partition coefficient (Wildman–Crippen LogP) is 2.52. The Balaban J connectivity index is 2.02. The van der Waals surface area contributed by atoms with Crippen molar-refractivity contribution >= 4 is 17.7 Å². The smallest absolute Gasteiger partial charge is 0.229 e. The molecule has 0 spiro atoms. The fourth-order valence-corrected chi connectivity index (χ4v) is 3.84. The summed E-state index contributed by atoms with van der Waals surface area (Å²) in [4.78, 5) is 12.5. The van der Waals surface area contributed by atoms with Gasteiger partial charge in [0.2, 0.25) is 5.91 Å². The highest BCUT2D eigenvalue weighted by molar-refractivity contribution is 7.99. The van der Waals surface area contributed by atoms with Crippen LogP contribution in [-0.2, 0) is 4.79 Å². The molecule has 0 aliphatic heterocycles. The van der Waals surface area contributed by atoms with Gasteiger partial charge in [-0.15, -0.1) is 0 Å². The van der Waals surface area contributed by atoms with Crippen molar-refractivity contribution in [2.75, 3.05) is 12.8 Å². The van der Waals surface area contributed by atoms with Crippen molar-refractivity contribution in [3.05, 3.63) is 35.9 Å². The number of amides is 1. The minimum atomic E-state index is -0.236. The van der Waals surface area contributed by atoms with Gasteiger partial charge in [0.05, 0.1) is 5.92 Å². The second kappa shape index (κ2) is 7.70. The third kappa shape index (κ3) is 3.76. The highest BCUT2D eigenvalue weighted by Crippen LogP contribution is 2.27. The van der Waals surface area contributed by atoms with Gasteiger partial charge in [0, 0.05) is 17.8 Å². The summed E-state index contributed by atoms with van der Waals surface area (Å²) in [7, 11) is 0. The van der Waals surface area contributed by atoms with E-state index >= 15 is 0 Å². The highest BCUT2D eigenvalue weighted by atomic mass is 32.2. The number of nitrogens with two attached hydrogens (primary N) is 1. The van der Waals surface area contributed by atoms with Gasteiger partial charge in [-0.2, -0.15) is 11.8 Å².